The van der Waals surface area contributed by atoms with Crippen LogP contribution in [0.2, 0.25) is 0 Å². The van der Waals surface area contributed by atoms with Crippen molar-refractivity contribution in [3.8, 4) is 0 Å². The molecule has 6 heteroatoms. The van der Waals surface area contributed by atoms with Crippen LogP contribution in [0.5, 0.6) is 0 Å². The largest absolute Gasteiger partial charge is 0.449 e. The van der Waals surface area contributed by atoms with Crippen LogP contribution in [-0.2, 0) is 14.3 Å². The minimum atomic E-state index is -0.894. The molecule has 0 aliphatic carbocycles. The molecular weight excluding hydrogens is 378 g/mol. The summed E-state index contributed by atoms with van der Waals surface area (Å²) in [5.74, 6) is -0.788. The Morgan fingerprint density at radius 2 is 1.70 bits per heavy atom. The molecule has 2 heterocycles. The fourth-order valence-corrected chi connectivity index (χ4v) is 3.89. The van der Waals surface area contributed by atoms with Gasteiger partial charge in [-0.2, -0.15) is 0 Å². The lowest BCUT2D eigenvalue weighted by atomic mass is 10.2. The minimum absolute atomic E-state index is 0.281. The van der Waals surface area contributed by atoms with E-state index in [0.717, 1.165) is 15.4 Å². The molecule has 3 aromatic rings. The second-order valence-corrected chi connectivity index (χ2v) is 7.76. The summed E-state index contributed by atoms with van der Waals surface area (Å²) in [5, 5.41) is 3.85. The molecule has 2 aromatic heterocycles. The molecule has 0 aliphatic heterocycles. The summed E-state index contributed by atoms with van der Waals surface area (Å²) >= 11 is 3.00. The second kappa shape index (κ2) is 8.79. The number of hydrogen-bond acceptors (Lipinski definition) is 5. The average molecular weight is 398 g/mol. The number of carbonyl (C=O) groups excluding carboxylic acids is 2. The van der Waals surface area contributed by atoms with Crippen LogP contribution in [0.4, 0.5) is 5.69 Å². The molecule has 1 aromatic carbocycles. The molecule has 1 amide bonds. The number of esters is 1. The number of benzene rings is 1. The molecule has 1 atom stereocenters. The van der Waals surface area contributed by atoms with Crippen molar-refractivity contribution >= 4 is 51.9 Å². The Kier molecular flexibility index (Phi) is 6.21. The number of amides is 1. The Labute approximate surface area is 166 Å². The van der Waals surface area contributed by atoms with Gasteiger partial charge in [-0.1, -0.05) is 30.3 Å². The van der Waals surface area contributed by atoms with E-state index in [1.165, 1.54) is 27.6 Å². The Morgan fingerprint density at radius 3 is 2.33 bits per heavy atom. The molecule has 0 N–H and O–H groups in total. The first-order valence-electron chi connectivity index (χ1n) is 8.39. The van der Waals surface area contributed by atoms with Gasteiger partial charge in [-0.3, -0.25) is 4.79 Å². The smallest absolute Gasteiger partial charge is 0.340 e. The highest BCUT2D eigenvalue weighted by Gasteiger charge is 2.25. The van der Waals surface area contributed by atoms with E-state index in [1.54, 1.807) is 20.0 Å². The third-order valence-electron chi connectivity index (χ3n) is 3.94. The third kappa shape index (κ3) is 4.72. The highest BCUT2D eigenvalue weighted by atomic mass is 32.1. The maximum absolute atomic E-state index is 12.8. The Hall–Kier alpha value is -2.70. The van der Waals surface area contributed by atoms with Gasteiger partial charge < -0.3 is 9.64 Å². The van der Waals surface area contributed by atoms with Crippen LogP contribution in [0, 0.1) is 0 Å². The van der Waals surface area contributed by atoms with E-state index in [0.29, 0.717) is 5.57 Å². The van der Waals surface area contributed by atoms with Crippen molar-refractivity contribution in [3.05, 3.63) is 75.1 Å². The second-order valence-electron chi connectivity index (χ2n) is 5.83. The highest BCUT2D eigenvalue weighted by Crippen LogP contribution is 2.26. The van der Waals surface area contributed by atoms with Crippen molar-refractivity contribution in [2.24, 2.45) is 0 Å². The Bertz CT molecular complexity index is 916. The normalized spacial score (nSPS) is 12.4. The Morgan fingerprint density at radius 1 is 1.00 bits per heavy atom. The van der Waals surface area contributed by atoms with Gasteiger partial charge in [0.2, 0.25) is 0 Å². The van der Waals surface area contributed by atoms with Crippen LogP contribution < -0.4 is 4.90 Å². The maximum Gasteiger partial charge on any atom is 0.340 e. The number of carbonyl (C=O) groups is 2. The summed E-state index contributed by atoms with van der Waals surface area (Å²) in [4.78, 5) is 28.7. The standard InChI is InChI=1S/C21H19NO3S2/c1-15(20(23)22(2)16-8-4-3-5-9-16)25-21(24)18(19-11-7-13-27-19)14-17-10-6-12-26-17/h3-15H,1-2H3/b18-14+/t15-/m1/s1. The molecule has 4 nitrogen and oxygen atoms in total. The van der Waals surface area contributed by atoms with E-state index in [4.69, 9.17) is 4.74 Å². The number of anilines is 1. The predicted octanol–water partition coefficient (Wildman–Crippen LogP) is 4.94. The van der Waals surface area contributed by atoms with Crippen LogP contribution in [0.15, 0.2) is 65.4 Å². The molecule has 138 valence electrons. The minimum Gasteiger partial charge on any atom is -0.449 e. The van der Waals surface area contributed by atoms with Crippen molar-refractivity contribution in [1.29, 1.82) is 0 Å². The molecule has 0 saturated carbocycles. The third-order valence-corrected chi connectivity index (χ3v) is 5.66. The molecule has 0 radical (unpaired) electrons. The van der Waals surface area contributed by atoms with Crippen LogP contribution in [-0.4, -0.2) is 25.0 Å². The van der Waals surface area contributed by atoms with E-state index in [9.17, 15) is 9.59 Å². The zero-order valence-corrected chi connectivity index (χ0v) is 16.6. The summed E-state index contributed by atoms with van der Waals surface area (Å²) in [5.41, 5.74) is 1.20. The quantitative estimate of drug-likeness (QED) is 0.437. The zero-order valence-electron chi connectivity index (χ0n) is 15.0. The number of thiophene rings is 2. The zero-order chi connectivity index (χ0) is 19.2. The average Bonchev–Trinajstić information content (AvgIpc) is 3.39. The van der Waals surface area contributed by atoms with Gasteiger partial charge in [0.25, 0.3) is 5.91 Å². The van der Waals surface area contributed by atoms with Gasteiger partial charge in [-0.25, -0.2) is 4.79 Å². The molecule has 0 spiro atoms. The van der Waals surface area contributed by atoms with Crippen LogP contribution in [0.3, 0.4) is 0 Å². The predicted molar refractivity (Wildman–Crippen MR) is 112 cm³/mol. The van der Waals surface area contributed by atoms with E-state index in [-0.39, 0.29) is 5.91 Å². The molecule has 0 saturated heterocycles. The first-order valence-corrected chi connectivity index (χ1v) is 10.1. The molecule has 0 fully saturated rings. The monoisotopic (exact) mass is 397 g/mol. The van der Waals surface area contributed by atoms with Crippen molar-refractivity contribution in [2.45, 2.75) is 13.0 Å². The molecule has 0 unspecified atom stereocenters. The number of rotatable bonds is 6. The van der Waals surface area contributed by atoms with Gasteiger partial charge in [-0.05, 0) is 48.0 Å². The molecule has 0 aliphatic rings. The van der Waals surface area contributed by atoms with E-state index < -0.39 is 12.1 Å². The number of hydrogen-bond donors (Lipinski definition) is 0. The van der Waals surface area contributed by atoms with Crippen LogP contribution in [0.25, 0.3) is 11.6 Å². The SMILES string of the molecule is C[C@@H](OC(=O)/C(=C/c1cccs1)c1cccs1)C(=O)N(C)c1ccccc1. The van der Waals surface area contributed by atoms with E-state index in [1.807, 2.05) is 65.4 Å². The van der Waals surface area contributed by atoms with Crippen molar-refractivity contribution in [1.82, 2.24) is 0 Å². The number of para-hydroxylation sites is 1. The van der Waals surface area contributed by atoms with Gasteiger partial charge in [-0.15, -0.1) is 22.7 Å². The Balaban J connectivity index is 1.76. The lowest BCUT2D eigenvalue weighted by Gasteiger charge is -2.21. The number of ether oxygens (including phenoxy) is 1. The molecule has 27 heavy (non-hydrogen) atoms. The topological polar surface area (TPSA) is 46.6 Å². The van der Waals surface area contributed by atoms with Gasteiger partial charge >= 0.3 is 5.97 Å². The number of nitrogens with zero attached hydrogens (tertiary/aromatic N) is 1. The fraction of sp³-hybridized carbons (Fsp3) is 0.143. The van der Waals surface area contributed by atoms with Gasteiger partial charge in [0.05, 0.1) is 5.57 Å². The van der Waals surface area contributed by atoms with Crippen molar-refractivity contribution in [2.75, 3.05) is 11.9 Å². The lowest BCUT2D eigenvalue weighted by molar-refractivity contribution is -0.148. The molecular formula is C21H19NO3S2. The van der Waals surface area contributed by atoms with Crippen LogP contribution >= 0.6 is 22.7 Å². The van der Waals surface area contributed by atoms with Crippen molar-refractivity contribution < 1.29 is 14.3 Å². The van der Waals surface area contributed by atoms with E-state index >= 15 is 0 Å². The lowest BCUT2D eigenvalue weighted by Crippen LogP contribution is -2.37. The highest BCUT2D eigenvalue weighted by molar-refractivity contribution is 7.12. The first-order chi connectivity index (χ1) is 13.1. The summed E-state index contributed by atoms with van der Waals surface area (Å²) in [6, 6.07) is 16.9. The number of likely N-dealkylation sites (N-methyl/N-ethyl adjacent to an activating group) is 1. The summed E-state index contributed by atoms with van der Waals surface area (Å²) < 4.78 is 5.50. The first kappa shape index (κ1) is 19.1. The summed E-state index contributed by atoms with van der Waals surface area (Å²) in [6.45, 7) is 1.59. The fourth-order valence-electron chi connectivity index (χ4n) is 2.50. The van der Waals surface area contributed by atoms with Crippen LogP contribution in [0.1, 0.15) is 16.7 Å². The maximum atomic E-state index is 12.8. The van der Waals surface area contributed by atoms with Gasteiger partial charge in [0.1, 0.15) is 0 Å². The molecule has 0 bridgehead atoms. The summed E-state index contributed by atoms with van der Waals surface area (Å²) in [6.07, 6.45) is 0.908. The van der Waals surface area contributed by atoms with Crippen molar-refractivity contribution in [3.63, 3.8) is 0 Å². The van der Waals surface area contributed by atoms with E-state index in [2.05, 4.69) is 0 Å². The van der Waals surface area contributed by atoms with Gasteiger partial charge in [0, 0.05) is 22.5 Å². The molecule has 3 rings (SSSR count). The summed E-state index contributed by atoms with van der Waals surface area (Å²) in [7, 11) is 1.67. The van der Waals surface area contributed by atoms with Gasteiger partial charge in [0.15, 0.2) is 6.10 Å².